The average molecular weight is 520 g/mol. The van der Waals surface area contributed by atoms with E-state index in [2.05, 4.69) is 10.0 Å². The van der Waals surface area contributed by atoms with E-state index in [1.165, 1.54) is 18.7 Å². The van der Waals surface area contributed by atoms with Crippen molar-refractivity contribution >= 4 is 17.7 Å². The number of azide groups is 1. The average Bonchev–Trinajstić information content (AvgIpc) is 2.93. The lowest BCUT2D eigenvalue weighted by molar-refractivity contribution is -0.210. The summed E-state index contributed by atoms with van der Waals surface area (Å²) in [4.78, 5) is 15.7. The van der Waals surface area contributed by atoms with Gasteiger partial charge in [-0.1, -0.05) is 95.7 Å². The van der Waals surface area contributed by atoms with E-state index in [0.29, 0.717) is 0 Å². The lowest BCUT2D eigenvalue weighted by atomic mass is 9.97. The fourth-order valence-electron chi connectivity index (χ4n) is 4.06. The third-order valence-electron chi connectivity index (χ3n) is 5.82. The van der Waals surface area contributed by atoms with Crippen LogP contribution in [-0.2, 0) is 37.0 Å². The number of esters is 1. The summed E-state index contributed by atoms with van der Waals surface area (Å²) in [6, 6.07) is 28.5. The molecule has 192 valence electrons. The van der Waals surface area contributed by atoms with Crippen LogP contribution in [-0.4, -0.2) is 42.4 Å². The zero-order valence-electron chi connectivity index (χ0n) is 20.5. The molecular weight excluding hydrogens is 490 g/mol. The minimum atomic E-state index is -0.701. The van der Waals surface area contributed by atoms with E-state index in [9.17, 15) is 10.3 Å². The molecule has 0 aromatic heterocycles. The first-order valence-electron chi connectivity index (χ1n) is 12.0. The van der Waals surface area contributed by atoms with E-state index in [4.69, 9.17) is 18.9 Å². The van der Waals surface area contributed by atoms with Crippen LogP contribution < -0.4 is 0 Å². The standard InChI is InChI=1S/C28H29N3O5S/c1-20(32)33-19-24-26(34-17-21-11-5-2-6-12-21)27(35-18-22-13-7-3-8-14-22)25(30-31-29)28(36-24)37-23-15-9-4-10-16-23/h2-16,24-28H,17-19H2,1H3/t24-,25-,26-,27-,28-/m1/s1. The first-order valence-corrected chi connectivity index (χ1v) is 12.9. The zero-order chi connectivity index (χ0) is 25.9. The van der Waals surface area contributed by atoms with Crippen LogP contribution in [0.15, 0.2) is 101 Å². The maximum Gasteiger partial charge on any atom is 0.302 e. The number of thioether (sulfide) groups is 1. The van der Waals surface area contributed by atoms with Crippen molar-refractivity contribution in [2.24, 2.45) is 5.11 Å². The monoisotopic (exact) mass is 519 g/mol. The van der Waals surface area contributed by atoms with Gasteiger partial charge < -0.3 is 18.9 Å². The Morgan fingerprint density at radius 3 is 1.97 bits per heavy atom. The van der Waals surface area contributed by atoms with Crippen LogP contribution in [0, 0.1) is 0 Å². The van der Waals surface area contributed by atoms with Crippen molar-refractivity contribution in [3.8, 4) is 0 Å². The van der Waals surface area contributed by atoms with E-state index in [1.807, 2.05) is 91.0 Å². The lowest BCUT2D eigenvalue weighted by Crippen LogP contribution is -2.59. The molecule has 0 N–H and O–H groups in total. The van der Waals surface area contributed by atoms with Gasteiger partial charge >= 0.3 is 5.97 Å². The molecule has 0 radical (unpaired) electrons. The molecule has 0 saturated carbocycles. The highest BCUT2D eigenvalue weighted by molar-refractivity contribution is 7.99. The molecule has 1 aliphatic heterocycles. The number of benzene rings is 3. The number of carbonyl (C=O) groups is 1. The number of carbonyl (C=O) groups excluding carboxylic acids is 1. The Bertz CT molecular complexity index is 1160. The minimum Gasteiger partial charge on any atom is -0.463 e. The van der Waals surface area contributed by atoms with Crippen LogP contribution in [0.25, 0.3) is 10.4 Å². The molecule has 0 spiro atoms. The van der Waals surface area contributed by atoms with Gasteiger partial charge in [-0.05, 0) is 28.8 Å². The Balaban J connectivity index is 1.65. The van der Waals surface area contributed by atoms with Crippen molar-refractivity contribution in [3.63, 3.8) is 0 Å². The smallest absolute Gasteiger partial charge is 0.302 e. The first-order chi connectivity index (χ1) is 18.1. The molecule has 37 heavy (non-hydrogen) atoms. The van der Waals surface area contributed by atoms with Crippen molar-refractivity contribution in [3.05, 3.63) is 113 Å². The van der Waals surface area contributed by atoms with Crippen LogP contribution in [0.3, 0.4) is 0 Å². The van der Waals surface area contributed by atoms with Crippen molar-refractivity contribution in [2.75, 3.05) is 6.61 Å². The molecule has 4 rings (SSSR count). The Kier molecular flexibility index (Phi) is 9.99. The minimum absolute atomic E-state index is 0.0190. The summed E-state index contributed by atoms with van der Waals surface area (Å²) in [5.41, 5.74) is 10.8. The van der Waals surface area contributed by atoms with Gasteiger partial charge in [0, 0.05) is 16.7 Å². The van der Waals surface area contributed by atoms with Gasteiger partial charge in [-0.2, -0.15) is 0 Å². The van der Waals surface area contributed by atoms with Crippen LogP contribution in [0.4, 0.5) is 0 Å². The zero-order valence-corrected chi connectivity index (χ0v) is 21.3. The summed E-state index contributed by atoms with van der Waals surface area (Å²) in [6.45, 7) is 1.91. The number of ether oxygens (including phenoxy) is 4. The summed E-state index contributed by atoms with van der Waals surface area (Å²) >= 11 is 1.43. The summed E-state index contributed by atoms with van der Waals surface area (Å²) < 4.78 is 24.5. The van der Waals surface area contributed by atoms with E-state index in [1.54, 1.807) is 0 Å². The third kappa shape index (κ3) is 7.82. The quantitative estimate of drug-likeness (QED) is 0.135. The second-order valence-corrected chi connectivity index (χ2v) is 9.67. The Labute approximate surface area is 220 Å². The highest BCUT2D eigenvalue weighted by Crippen LogP contribution is 2.38. The van der Waals surface area contributed by atoms with Crippen molar-refractivity contribution in [1.29, 1.82) is 0 Å². The highest BCUT2D eigenvalue weighted by Gasteiger charge is 2.48. The van der Waals surface area contributed by atoms with Crippen LogP contribution in [0.5, 0.6) is 0 Å². The number of rotatable bonds is 11. The molecule has 1 heterocycles. The first kappa shape index (κ1) is 26.7. The fourth-order valence-corrected chi connectivity index (χ4v) is 5.19. The summed E-state index contributed by atoms with van der Waals surface area (Å²) in [7, 11) is 0. The highest BCUT2D eigenvalue weighted by atomic mass is 32.2. The number of hydrogen-bond donors (Lipinski definition) is 0. The molecule has 0 aliphatic carbocycles. The van der Waals surface area contributed by atoms with E-state index < -0.39 is 35.8 Å². The van der Waals surface area contributed by atoms with Crippen molar-refractivity contribution in [1.82, 2.24) is 0 Å². The number of hydrogen-bond acceptors (Lipinski definition) is 7. The van der Waals surface area contributed by atoms with Crippen molar-refractivity contribution < 1.29 is 23.7 Å². The summed E-state index contributed by atoms with van der Waals surface area (Å²) in [5, 5.41) is 4.11. The molecule has 1 fully saturated rings. The SMILES string of the molecule is CC(=O)OC[C@H]1O[C@H](Sc2ccccc2)[C@H](N=[N+]=[N-])[C@@H](OCc2ccccc2)[C@@H]1OCc1ccccc1. The largest absolute Gasteiger partial charge is 0.463 e. The van der Waals surface area contributed by atoms with E-state index in [0.717, 1.165) is 16.0 Å². The summed E-state index contributed by atoms with van der Waals surface area (Å²) in [6.07, 6.45) is -1.96. The van der Waals surface area contributed by atoms with Gasteiger partial charge in [0.1, 0.15) is 30.3 Å². The van der Waals surface area contributed by atoms with Crippen LogP contribution in [0.2, 0.25) is 0 Å². The van der Waals surface area contributed by atoms with E-state index in [-0.39, 0.29) is 19.8 Å². The van der Waals surface area contributed by atoms with Gasteiger partial charge in [0.15, 0.2) is 0 Å². The molecule has 0 amide bonds. The lowest BCUT2D eigenvalue weighted by Gasteiger charge is -2.44. The predicted octanol–water partition coefficient (Wildman–Crippen LogP) is 5.92. The molecular formula is C28H29N3O5S. The maximum absolute atomic E-state index is 11.7. The number of nitrogens with zero attached hydrogens (tertiary/aromatic N) is 3. The Morgan fingerprint density at radius 1 is 0.892 bits per heavy atom. The molecule has 3 aromatic carbocycles. The van der Waals surface area contributed by atoms with Crippen molar-refractivity contribution in [2.45, 2.75) is 54.8 Å². The van der Waals surface area contributed by atoms with Gasteiger partial charge in [-0.3, -0.25) is 4.79 Å². The molecule has 8 nitrogen and oxygen atoms in total. The van der Waals surface area contributed by atoms with Gasteiger partial charge in [0.2, 0.25) is 0 Å². The van der Waals surface area contributed by atoms with Crippen LogP contribution in [0.1, 0.15) is 18.1 Å². The molecule has 0 bridgehead atoms. The van der Waals surface area contributed by atoms with Gasteiger partial charge in [0.25, 0.3) is 0 Å². The van der Waals surface area contributed by atoms with E-state index >= 15 is 0 Å². The maximum atomic E-state index is 11.7. The third-order valence-corrected chi connectivity index (χ3v) is 6.98. The van der Waals surface area contributed by atoms with Gasteiger partial charge in [-0.25, -0.2) is 0 Å². The van der Waals surface area contributed by atoms with Gasteiger partial charge in [0.05, 0.1) is 19.3 Å². The molecule has 0 unspecified atom stereocenters. The molecule has 3 aromatic rings. The topological polar surface area (TPSA) is 103 Å². The fraction of sp³-hybridized carbons (Fsp3) is 0.321. The molecule has 1 aliphatic rings. The molecule has 5 atom stereocenters. The normalized spacial score (nSPS) is 23.1. The van der Waals surface area contributed by atoms with Gasteiger partial charge in [-0.15, -0.1) is 0 Å². The Morgan fingerprint density at radius 2 is 1.43 bits per heavy atom. The molecule has 1 saturated heterocycles. The Hall–Kier alpha value is -3.33. The molecule has 9 heteroatoms. The second kappa shape index (κ2) is 13.8. The summed E-state index contributed by atoms with van der Waals surface area (Å²) in [5.74, 6) is -0.420. The van der Waals surface area contributed by atoms with Crippen LogP contribution >= 0.6 is 11.8 Å². The second-order valence-electron chi connectivity index (χ2n) is 8.49. The predicted molar refractivity (Wildman–Crippen MR) is 141 cm³/mol.